The first kappa shape index (κ1) is 25.6. The Labute approximate surface area is 192 Å². The van der Waals surface area contributed by atoms with Crippen LogP contribution in [0.15, 0.2) is 29.3 Å². The quantitative estimate of drug-likeness (QED) is 0.272. The number of amides is 2. The lowest BCUT2D eigenvalue weighted by atomic mass is 9.96. The number of nitrogens with two attached hydrogens (primary N) is 1. The van der Waals surface area contributed by atoms with Crippen LogP contribution in [0.4, 0.5) is 0 Å². The van der Waals surface area contributed by atoms with Crippen molar-refractivity contribution in [1.29, 1.82) is 0 Å². The number of piperidine rings is 1. The number of aliphatic imine (C=N–C) groups is 1. The molecule has 1 saturated heterocycles. The number of nitrogens with zero attached hydrogens (tertiary/aromatic N) is 3. The van der Waals surface area contributed by atoms with Gasteiger partial charge in [0.05, 0.1) is 0 Å². The second-order valence-electron chi connectivity index (χ2n) is 8.56. The molecule has 1 aromatic rings. The van der Waals surface area contributed by atoms with E-state index in [1.165, 1.54) is 0 Å². The molecule has 0 aromatic heterocycles. The number of guanidine groups is 1. The second-order valence-corrected chi connectivity index (χ2v) is 8.56. The summed E-state index contributed by atoms with van der Waals surface area (Å²) in [5, 5.41) is 6.68. The van der Waals surface area contributed by atoms with Gasteiger partial charge in [0.25, 0.3) is 5.91 Å². The van der Waals surface area contributed by atoms with Crippen molar-refractivity contribution in [3.8, 4) is 0 Å². The maximum Gasteiger partial charge on any atom is 0.253 e. The van der Waals surface area contributed by atoms with Gasteiger partial charge >= 0.3 is 0 Å². The highest BCUT2D eigenvalue weighted by Gasteiger charge is 2.22. The second kappa shape index (κ2) is 13.7. The highest BCUT2D eigenvalue weighted by atomic mass is 16.2. The van der Waals surface area contributed by atoms with E-state index in [0.29, 0.717) is 5.56 Å². The van der Waals surface area contributed by atoms with Gasteiger partial charge < -0.3 is 26.2 Å². The zero-order valence-electron chi connectivity index (χ0n) is 19.9. The predicted octanol–water partition coefficient (Wildman–Crippen LogP) is 1.46. The Morgan fingerprint density at radius 1 is 1.19 bits per heavy atom. The van der Waals surface area contributed by atoms with Crippen LogP contribution >= 0.6 is 0 Å². The first-order valence-electron chi connectivity index (χ1n) is 11.7. The van der Waals surface area contributed by atoms with Gasteiger partial charge in [0, 0.05) is 45.2 Å². The van der Waals surface area contributed by atoms with E-state index >= 15 is 0 Å². The van der Waals surface area contributed by atoms with E-state index in [1.807, 2.05) is 24.3 Å². The van der Waals surface area contributed by atoms with E-state index in [4.69, 9.17) is 5.73 Å². The number of carbonyl (C=O) groups excluding carboxylic acids is 2. The van der Waals surface area contributed by atoms with E-state index in [9.17, 15) is 9.59 Å². The summed E-state index contributed by atoms with van der Waals surface area (Å²) in [7, 11) is 3.53. The van der Waals surface area contributed by atoms with Gasteiger partial charge in [-0.25, -0.2) is 0 Å². The molecule has 2 rings (SSSR count). The molecule has 0 atom stereocenters. The summed E-state index contributed by atoms with van der Waals surface area (Å²) in [5.41, 5.74) is 7.24. The maximum absolute atomic E-state index is 12.1. The van der Waals surface area contributed by atoms with Crippen LogP contribution in [0.1, 0.15) is 48.5 Å². The van der Waals surface area contributed by atoms with Gasteiger partial charge in [-0.15, -0.1) is 0 Å². The van der Waals surface area contributed by atoms with Crippen molar-refractivity contribution in [2.45, 2.75) is 39.0 Å². The molecule has 32 heavy (non-hydrogen) atoms. The molecule has 0 saturated carbocycles. The molecular weight excluding hydrogens is 404 g/mol. The smallest absolute Gasteiger partial charge is 0.253 e. The molecule has 0 spiro atoms. The Kier molecular flexibility index (Phi) is 11.0. The van der Waals surface area contributed by atoms with Crippen molar-refractivity contribution >= 4 is 17.8 Å². The predicted molar refractivity (Wildman–Crippen MR) is 130 cm³/mol. The summed E-state index contributed by atoms with van der Waals surface area (Å²) < 4.78 is 0. The molecule has 0 unspecified atom stereocenters. The van der Waals surface area contributed by atoms with Crippen LogP contribution in [0.25, 0.3) is 0 Å². The van der Waals surface area contributed by atoms with Crippen molar-refractivity contribution < 1.29 is 9.59 Å². The molecule has 1 aliphatic rings. The lowest BCUT2D eigenvalue weighted by Gasteiger charge is -2.30. The first-order chi connectivity index (χ1) is 15.4. The standard InChI is InChI=1S/C24H40N6O2/c1-4-26-24(27-13-5-6-15-30-16-11-20(12-17-30)22(25)31)28-14-10-19-8-7-9-21(18-19)23(32)29(2)3/h7-9,18,20H,4-6,10-17H2,1-3H3,(H2,25,31)(H2,26,27,28). The molecule has 1 fully saturated rings. The SMILES string of the molecule is CCNC(=NCCCCN1CCC(C(N)=O)CC1)NCCc1cccc(C(=O)N(C)C)c1. The fourth-order valence-electron chi connectivity index (χ4n) is 3.86. The molecule has 1 aliphatic heterocycles. The number of nitrogens with one attached hydrogen (secondary N) is 2. The summed E-state index contributed by atoms with van der Waals surface area (Å²) in [5.74, 6) is 0.750. The number of benzene rings is 1. The number of rotatable bonds is 11. The van der Waals surface area contributed by atoms with Gasteiger partial charge in [-0.3, -0.25) is 14.6 Å². The highest BCUT2D eigenvalue weighted by molar-refractivity contribution is 5.94. The molecule has 8 heteroatoms. The van der Waals surface area contributed by atoms with Crippen molar-refractivity contribution in [1.82, 2.24) is 20.4 Å². The fraction of sp³-hybridized carbons (Fsp3) is 0.625. The molecule has 178 valence electrons. The fourth-order valence-corrected chi connectivity index (χ4v) is 3.86. The lowest BCUT2D eigenvalue weighted by molar-refractivity contribution is -0.123. The molecule has 1 aromatic carbocycles. The van der Waals surface area contributed by atoms with Crippen molar-refractivity contribution in [2.24, 2.45) is 16.6 Å². The summed E-state index contributed by atoms with van der Waals surface area (Å²) in [6.45, 7) is 7.37. The molecule has 4 N–H and O–H groups in total. The molecule has 8 nitrogen and oxygen atoms in total. The highest BCUT2D eigenvalue weighted by Crippen LogP contribution is 2.16. The monoisotopic (exact) mass is 444 g/mol. The Bertz CT molecular complexity index is 757. The summed E-state index contributed by atoms with van der Waals surface area (Å²) in [4.78, 5) is 32.1. The van der Waals surface area contributed by atoms with Crippen molar-refractivity contribution in [2.75, 3.05) is 53.4 Å². The third-order valence-corrected chi connectivity index (χ3v) is 5.77. The summed E-state index contributed by atoms with van der Waals surface area (Å²) >= 11 is 0. The van der Waals surface area contributed by atoms with Crippen LogP contribution in [-0.4, -0.2) is 80.9 Å². The van der Waals surface area contributed by atoms with E-state index < -0.39 is 0 Å². The number of likely N-dealkylation sites (tertiary alicyclic amines) is 1. The largest absolute Gasteiger partial charge is 0.369 e. The molecule has 2 amide bonds. The minimum absolute atomic E-state index is 0.0203. The maximum atomic E-state index is 12.1. The van der Waals surface area contributed by atoms with Crippen LogP contribution < -0.4 is 16.4 Å². The van der Waals surface area contributed by atoms with Crippen LogP contribution in [0.5, 0.6) is 0 Å². The van der Waals surface area contributed by atoms with Gasteiger partial charge in [0.1, 0.15) is 0 Å². The number of carbonyl (C=O) groups is 2. The lowest BCUT2D eigenvalue weighted by Crippen LogP contribution is -2.39. The molecule has 0 aliphatic carbocycles. The van der Waals surface area contributed by atoms with E-state index in [-0.39, 0.29) is 17.7 Å². The van der Waals surface area contributed by atoms with Gasteiger partial charge in [-0.2, -0.15) is 0 Å². The Hall–Kier alpha value is -2.61. The average molecular weight is 445 g/mol. The van der Waals surface area contributed by atoms with Crippen LogP contribution in [-0.2, 0) is 11.2 Å². The molecular formula is C24H40N6O2. The molecule has 1 heterocycles. The van der Waals surface area contributed by atoms with Crippen LogP contribution in [0.2, 0.25) is 0 Å². The minimum Gasteiger partial charge on any atom is -0.369 e. The van der Waals surface area contributed by atoms with E-state index in [2.05, 4.69) is 27.4 Å². The zero-order chi connectivity index (χ0) is 23.3. The van der Waals surface area contributed by atoms with Crippen LogP contribution in [0, 0.1) is 5.92 Å². The van der Waals surface area contributed by atoms with Crippen LogP contribution in [0.3, 0.4) is 0 Å². The molecule has 0 radical (unpaired) electrons. The normalized spacial score (nSPS) is 15.4. The zero-order valence-corrected chi connectivity index (χ0v) is 19.9. The van der Waals surface area contributed by atoms with Crippen molar-refractivity contribution in [3.05, 3.63) is 35.4 Å². The van der Waals surface area contributed by atoms with Gasteiger partial charge in [-0.05, 0) is 76.4 Å². The van der Waals surface area contributed by atoms with Gasteiger partial charge in [-0.1, -0.05) is 12.1 Å². The minimum atomic E-state index is -0.155. The number of hydrogen-bond donors (Lipinski definition) is 3. The first-order valence-corrected chi connectivity index (χ1v) is 11.7. The summed E-state index contributed by atoms with van der Waals surface area (Å²) in [6, 6.07) is 7.79. The van der Waals surface area contributed by atoms with E-state index in [0.717, 1.165) is 82.9 Å². The average Bonchev–Trinajstić information content (AvgIpc) is 2.78. The topological polar surface area (TPSA) is 103 Å². The van der Waals surface area contributed by atoms with Gasteiger partial charge in [0.15, 0.2) is 5.96 Å². The Balaban J connectivity index is 1.69. The van der Waals surface area contributed by atoms with Crippen molar-refractivity contribution in [3.63, 3.8) is 0 Å². The third-order valence-electron chi connectivity index (χ3n) is 5.77. The number of hydrogen-bond acceptors (Lipinski definition) is 4. The van der Waals surface area contributed by atoms with E-state index in [1.54, 1.807) is 19.0 Å². The molecule has 0 bridgehead atoms. The third kappa shape index (κ3) is 8.86. The van der Waals surface area contributed by atoms with Gasteiger partial charge in [0.2, 0.25) is 5.91 Å². The summed E-state index contributed by atoms with van der Waals surface area (Å²) in [6.07, 6.45) is 4.71. The number of unbranched alkanes of at least 4 members (excludes halogenated alkanes) is 1. The Morgan fingerprint density at radius 3 is 2.59 bits per heavy atom. The Morgan fingerprint density at radius 2 is 1.94 bits per heavy atom. The number of primary amides is 1.